The molecule has 0 aliphatic carbocycles. The fraction of sp³-hybridized carbons (Fsp3) is 0. The zero-order chi connectivity index (χ0) is 7.15. The summed E-state index contributed by atoms with van der Waals surface area (Å²) in [7, 11) is 0. The van der Waals surface area contributed by atoms with Crippen LogP contribution in [0.2, 0.25) is 0 Å². The normalized spacial score (nSPS) is 4.80. The first kappa shape index (κ1) is 22.6. The molecule has 6 nitrogen and oxygen atoms in total. The Hall–Kier alpha value is 1.58. The van der Waals surface area contributed by atoms with E-state index in [1.165, 1.54) is 0 Å². The zero-order valence-electron chi connectivity index (χ0n) is 4.86. The van der Waals surface area contributed by atoms with Crippen molar-refractivity contribution >= 4 is 61.2 Å². The van der Waals surface area contributed by atoms with Gasteiger partial charge in [0.1, 0.15) is 0 Å². The minimum absolute atomic E-state index is 0. The third-order valence-electron chi connectivity index (χ3n) is 0. The van der Waals surface area contributed by atoms with Gasteiger partial charge in [0.25, 0.3) is 0 Å². The Kier molecular flexibility index (Phi) is 38.1. The number of carbonyl (C=O) groups is 2. The second kappa shape index (κ2) is 16.9. The van der Waals surface area contributed by atoms with Gasteiger partial charge in [-0.2, -0.15) is 0 Å². The summed E-state index contributed by atoms with van der Waals surface area (Å²) in [5.41, 5.74) is 0. The summed E-state index contributed by atoms with van der Waals surface area (Å²) in [5.74, 6) is 0. The van der Waals surface area contributed by atoms with Crippen molar-refractivity contribution in [1.29, 1.82) is 0 Å². The van der Waals surface area contributed by atoms with Crippen LogP contribution in [0.1, 0.15) is 0 Å². The number of hydrogen-bond donors (Lipinski definition) is 0. The molecule has 0 aromatic rings. The second-order valence-electron chi connectivity index (χ2n) is 0.500. The topological polar surface area (TPSA) is 126 Å². The Morgan fingerprint density at radius 3 is 0.800 bits per heavy atom. The van der Waals surface area contributed by atoms with Crippen molar-refractivity contribution in [1.82, 2.24) is 0 Å². The van der Waals surface area contributed by atoms with E-state index in [1.807, 2.05) is 0 Å². The standard InChI is InChI=1S/2CH2O3.Ba.Ra/c2*2-1(3)4;;/h2*(H2,2,3,4);;/q;;2*+2/p-4. The maximum absolute atomic E-state index is 8.33. The van der Waals surface area contributed by atoms with Crippen molar-refractivity contribution in [3.63, 3.8) is 0 Å². The number of hydrogen-bond acceptors (Lipinski definition) is 6. The third-order valence-corrected chi connectivity index (χ3v) is 0. The Bertz CT molecular complexity index is 73.7. The SMILES string of the molecule is O=C([O-])[O-].O=C([O-])[O-].[Ba+2].[Ra+2]. The molecule has 10 heavy (non-hydrogen) atoms. The number of rotatable bonds is 0. The summed E-state index contributed by atoms with van der Waals surface area (Å²) in [6.45, 7) is 0. The molecule has 0 aromatic heterocycles. The van der Waals surface area contributed by atoms with Crippen molar-refractivity contribution in [2.24, 2.45) is 0 Å². The maximum atomic E-state index is 8.33. The van der Waals surface area contributed by atoms with Crippen molar-refractivity contribution in [2.75, 3.05) is 0 Å². The van der Waals surface area contributed by atoms with Crippen molar-refractivity contribution in [3.05, 3.63) is 0 Å². The molecule has 0 unspecified atom stereocenters. The van der Waals surface area contributed by atoms with Crippen LogP contribution < -0.4 is 20.4 Å². The molecule has 0 heterocycles. The predicted molar refractivity (Wildman–Crippen MR) is 16.5 cm³/mol. The molecule has 0 radical (unpaired) electrons. The third kappa shape index (κ3) is 283. The molecular formula is C2BaO6Ra. The fourth-order valence-electron chi connectivity index (χ4n) is 0. The molecule has 0 saturated carbocycles. The van der Waals surface area contributed by atoms with E-state index in [2.05, 4.69) is 0 Å². The molecule has 0 N–H and O–H groups in total. The van der Waals surface area contributed by atoms with E-state index in [1.54, 1.807) is 0 Å². The molecular weight excluding hydrogens is 483 g/mol. The van der Waals surface area contributed by atoms with Gasteiger partial charge in [0.15, 0.2) is 0 Å². The van der Waals surface area contributed by atoms with Gasteiger partial charge < -0.3 is 30.0 Å². The summed E-state index contributed by atoms with van der Waals surface area (Å²) in [6.07, 6.45) is -4.67. The van der Waals surface area contributed by atoms with Crippen molar-refractivity contribution < 1.29 is 75.0 Å². The van der Waals surface area contributed by atoms with E-state index >= 15 is 0 Å². The van der Waals surface area contributed by atoms with Gasteiger partial charge in [-0.25, -0.2) is 0 Å². The summed E-state index contributed by atoms with van der Waals surface area (Å²) in [5, 5.41) is 33.3. The van der Waals surface area contributed by atoms with Crippen molar-refractivity contribution in [2.45, 2.75) is 0 Å². The molecule has 0 aromatic carbocycles. The average molecular weight is 483 g/mol. The van der Waals surface area contributed by atoms with Crippen molar-refractivity contribution in [3.8, 4) is 0 Å². The Morgan fingerprint density at radius 2 is 0.800 bits per heavy atom. The van der Waals surface area contributed by atoms with Gasteiger partial charge in [0.05, 0.1) is 0 Å². The van der Waals surface area contributed by atoms with Gasteiger partial charge in [-0.05, 0) is 12.3 Å². The van der Waals surface area contributed by atoms with Crippen LogP contribution in [0.3, 0.4) is 0 Å². The smallest absolute Gasteiger partial charge is 0.652 e. The second-order valence-corrected chi connectivity index (χ2v) is 0.500. The van der Waals surface area contributed by atoms with Crippen LogP contribution in [0, 0.1) is 45.0 Å². The molecule has 0 aliphatic heterocycles. The van der Waals surface area contributed by atoms with Gasteiger partial charge in [-0.15, -0.1) is 0 Å². The van der Waals surface area contributed by atoms with Gasteiger partial charge in [-0.3, -0.25) is 0 Å². The number of carboxylic acid groups (broad SMARTS) is 4. The Labute approximate surface area is 133 Å². The predicted octanol–water partition coefficient (Wildman–Crippen LogP) is -5.27. The molecule has 0 atom stereocenters. The van der Waals surface area contributed by atoms with Crippen LogP contribution in [-0.4, -0.2) is 61.2 Å². The zero-order valence-corrected chi connectivity index (χ0v) is 15.1. The first-order valence-corrected chi connectivity index (χ1v) is 1.22. The van der Waals surface area contributed by atoms with E-state index < -0.39 is 12.3 Å². The summed E-state index contributed by atoms with van der Waals surface area (Å²) in [4.78, 5) is 16.7. The Morgan fingerprint density at radius 1 is 0.800 bits per heavy atom. The van der Waals surface area contributed by atoms with Gasteiger partial charge in [0.2, 0.25) is 0 Å². The maximum Gasteiger partial charge on any atom is 2.00 e. The summed E-state index contributed by atoms with van der Waals surface area (Å²) in [6, 6.07) is 0. The van der Waals surface area contributed by atoms with Crippen LogP contribution in [-0.2, 0) is 0 Å². The largest absolute Gasteiger partial charge is 2.00 e. The number of carbonyl (C=O) groups excluding carboxylic acids is 2. The minimum atomic E-state index is -2.33. The minimum Gasteiger partial charge on any atom is -0.652 e. The van der Waals surface area contributed by atoms with Gasteiger partial charge in [-0.1, -0.05) is 0 Å². The molecule has 0 amide bonds. The first-order chi connectivity index (χ1) is 3.46. The quantitative estimate of drug-likeness (QED) is 0.317. The van der Waals surface area contributed by atoms with Crippen LogP contribution in [0.15, 0.2) is 0 Å². The van der Waals surface area contributed by atoms with Crippen LogP contribution in [0.4, 0.5) is 9.59 Å². The molecule has 0 fully saturated rings. The molecule has 0 aliphatic rings. The van der Waals surface area contributed by atoms with E-state index in [4.69, 9.17) is 30.0 Å². The molecule has 48 valence electrons. The summed E-state index contributed by atoms with van der Waals surface area (Å²) >= 11 is 0. The fourth-order valence-corrected chi connectivity index (χ4v) is 0. The molecule has 0 rings (SSSR count). The molecule has 8 heteroatoms. The van der Waals surface area contributed by atoms with E-state index in [9.17, 15) is 0 Å². The molecule has 0 saturated heterocycles. The van der Waals surface area contributed by atoms with Gasteiger partial charge in [0, 0.05) is 0 Å². The van der Waals surface area contributed by atoms with E-state index in [-0.39, 0.29) is 93.9 Å². The Balaban J connectivity index is -0.0000000300. The first-order valence-electron chi connectivity index (χ1n) is 1.22. The van der Waals surface area contributed by atoms with Crippen LogP contribution in [0.25, 0.3) is 0 Å². The van der Waals surface area contributed by atoms with E-state index in [0.717, 1.165) is 0 Å². The van der Waals surface area contributed by atoms with E-state index in [0.29, 0.717) is 0 Å². The molecule has 0 bridgehead atoms. The van der Waals surface area contributed by atoms with Crippen LogP contribution in [0.5, 0.6) is 0 Å². The summed E-state index contributed by atoms with van der Waals surface area (Å²) < 4.78 is 0. The molecule has 0 spiro atoms. The monoisotopic (exact) mass is 484 g/mol. The average Bonchev–Trinajstić information content (AvgIpc) is 1.25. The van der Waals surface area contributed by atoms with Gasteiger partial charge >= 0.3 is 93.9 Å². The van der Waals surface area contributed by atoms with Crippen LogP contribution >= 0.6 is 0 Å².